The van der Waals surface area contributed by atoms with Crippen molar-refractivity contribution < 1.29 is 4.74 Å². The smallest absolute Gasteiger partial charge is 0.205 e. The number of nitrogens with zero attached hydrogens (tertiary/aromatic N) is 6. The molecule has 0 saturated carbocycles. The molecule has 1 aromatic carbocycles. The third-order valence-electron chi connectivity index (χ3n) is 5.59. The molecule has 29 heavy (non-hydrogen) atoms. The molecule has 0 spiro atoms. The number of methoxy groups -OCH3 is 1. The molecule has 2 aliphatic rings. The fourth-order valence-electron chi connectivity index (χ4n) is 4.15. The van der Waals surface area contributed by atoms with Gasteiger partial charge in [-0.2, -0.15) is 4.37 Å². The first-order valence-corrected chi connectivity index (χ1v) is 10.7. The summed E-state index contributed by atoms with van der Waals surface area (Å²) in [6.07, 6.45) is 3.72. The number of benzene rings is 1. The van der Waals surface area contributed by atoms with Gasteiger partial charge in [0.15, 0.2) is 5.82 Å². The lowest BCUT2D eigenvalue weighted by Crippen LogP contribution is -2.29. The summed E-state index contributed by atoms with van der Waals surface area (Å²) < 4.78 is 9.49. The van der Waals surface area contributed by atoms with Gasteiger partial charge in [0, 0.05) is 67.2 Å². The Labute approximate surface area is 178 Å². The second-order valence-corrected chi connectivity index (χ2v) is 8.69. The Morgan fingerprint density at radius 3 is 2.41 bits per heavy atom. The van der Waals surface area contributed by atoms with E-state index in [0.29, 0.717) is 18.4 Å². The largest absolute Gasteiger partial charge is 0.377 e. The van der Waals surface area contributed by atoms with Crippen LogP contribution in [0, 0.1) is 11.8 Å². The third-order valence-corrected chi connectivity index (χ3v) is 6.66. The topological polar surface area (TPSA) is 67.3 Å². The van der Waals surface area contributed by atoms with Gasteiger partial charge in [0.1, 0.15) is 12.4 Å². The zero-order chi connectivity index (χ0) is 19.8. The van der Waals surface area contributed by atoms with Crippen molar-refractivity contribution >= 4 is 34.1 Å². The fourth-order valence-corrected chi connectivity index (χ4v) is 4.97. The Bertz CT molecular complexity index is 965. The zero-order valence-corrected chi connectivity index (χ0v) is 17.6. The molecule has 0 radical (unpaired) electrons. The molecule has 2 atom stereocenters. The zero-order valence-electron chi connectivity index (χ0n) is 16.0. The summed E-state index contributed by atoms with van der Waals surface area (Å²) >= 11 is 7.43. The number of aromatic nitrogens is 4. The Balaban J connectivity index is 1.22. The van der Waals surface area contributed by atoms with Crippen LogP contribution in [-0.2, 0) is 11.3 Å². The lowest BCUT2D eigenvalue weighted by atomic mass is 10.0. The maximum Gasteiger partial charge on any atom is 0.205 e. The van der Waals surface area contributed by atoms with Gasteiger partial charge >= 0.3 is 0 Å². The number of hydrogen-bond donors (Lipinski definition) is 0. The Morgan fingerprint density at radius 2 is 1.76 bits per heavy atom. The van der Waals surface area contributed by atoms with Crippen molar-refractivity contribution in [3.8, 4) is 11.3 Å². The lowest BCUT2D eigenvalue weighted by molar-refractivity contribution is 0.179. The van der Waals surface area contributed by atoms with Crippen LogP contribution >= 0.6 is 23.1 Å². The van der Waals surface area contributed by atoms with E-state index >= 15 is 0 Å². The maximum absolute atomic E-state index is 5.96. The minimum Gasteiger partial charge on any atom is -0.377 e. The molecule has 2 unspecified atom stereocenters. The SMILES string of the molecule is COCc1nsc(N2CC3CN(c4cnc(-c5ccc(Cl)cc5)cn4)CC3C2)n1. The van der Waals surface area contributed by atoms with E-state index in [1.54, 1.807) is 7.11 Å². The molecule has 2 aliphatic heterocycles. The minimum atomic E-state index is 0.468. The number of anilines is 2. The average Bonchev–Trinajstić information content (AvgIpc) is 3.44. The van der Waals surface area contributed by atoms with Crippen molar-refractivity contribution in [3.63, 3.8) is 0 Å². The highest BCUT2D eigenvalue weighted by atomic mass is 35.5. The number of fused-ring (bicyclic) bond motifs is 1. The van der Waals surface area contributed by atoms with Crippen molar-refractivity contribution in [2.24, 2.45) is 11.8 Å². The van der Waals surface area contributed by atoms with Gasteiger partial charge in [-0.1, -0.05) is 23.7 Å². The highest BCUT2D eigenvalue weighted by Crippen LogP contribution is 2.36. The molecule has 0 bridgehead atoms. The minimum absolute atomic E-state index is 0.468. The van der Waals surface area contributed by atoms with Crippen LogP contribution in [0.5, 0.6) is 0 Å². The molecule has 150 valence electrons. The molecule has 2 aromatic heterocycles. The van der Waals surface area contributed by atoms with E-state index in [-0.39, 0.29) is 0 Å². The van der Waals surface area contributed by atoms with E-state index in [1.807, 2.05) is 36.7 Å². The van der Waals surface area contributed by atoms with Gasteiger partial charge in [0.05, 0.1) is 18.1 Å². The number of hydrogen-bond acceptors (Lipinski definition) is 8. The van der Waals surface area contributed by atoms with Gasteiger partial charge in [0.2, 0.25) is 5.13 Å². The van der Waals surface area contributed by atoms with E-state index < -0.39 is 0 Å². The first-order valence-electron chi connectivity index (χ1n) is 9.59. The number of ether oxygens (including phenoxy) is 1. The van der Waals surface area contributed by atoms with Crippen LogP contribution in [0.25, 0.3) is 11.3 Å². The van der Waals surface area contributed by atoms with Crippen LogP contribution < -0.4 is 9.80 Å². The molecule has 7 nitrogen and oxygen atoms in total. The van der Waals surface area contributed by atoms with Gasteiger partial charge in [-0.05, 0) is 12.1 Å². The summed E-state index contributed by atoms with van der Waals surface area (Å²) in [5.74, 6) is 2.94. The van der Waals surface area contributed by atoms with Crippen molar-refractivity contribution in [1.82, 2.24) is 19.3 Å². The predicted octanol–water partition coefficient (Wildman–Crippen LogP) is 3.37. The van der Waals surface area contributed by atoms with E-state index in [2.05, 4.69) is 29.1 Å². The van der Waals surface area contributed by atoms with E-state index in [0.717, 1.165) is 59.2 Å². The van der Waals surface area contributed by atoms with Gasteiger partial charge in [-0.3, -0.25) is 4.98 Å². The summed E-state index contributed by atoms with van der Waals surface area (Å²) in [5, 5.41) is 1.73. The molecular weight excluding hydrogens is 408 g/mol. The first kappa shape index (κ1) is 18.7. The molecule has 0 aliphatic carbocycles. The molecule has 2 fully saturated rings. The second-order valence-electron chi connectivity index (χ2n) is 7.52. The summed E-state index contributed by atoms with van der Waals surface area (Å²) in [5.41, 5.74) is 1.88. The van der Waals surface area contributed by atoms with E-state index in [1.165, 1.54) is 11.5 Å². The predicted molar refractivity (Wildman–Crippen MR) is 115 cm³/mol. The van der Waals surface area contributed by atoms with Crippen LogP contribution in [0.3, 0.4) is 0 Å². The highest BCUT2D eigenvalue weighted by molar-refractivity contribution is 7.09. The van der Waals surface area contributed by atoms with Crippen LogP contribution in [0.1, 0.15) is 5.82 Å². The summed E-state index contributed by atoms with van der Waals surface area (Å²) in [4.78, 5) is 18.6. The molecular formula is C20H21ClN6OS. The molecule has 4 heterocycles. The normalized spacial score (nSPS) is 21.0. The van der Waals surface area contributed by atoms with Gasteiger partial charge in [-0.15, -0.1) is 0 Å². The summed E-state index contributed by atoms with van der Waals surface area (Å²) in [6, 6.07) is 7.67. The number of rotatable bonds is 5. The standard InChI is InChI=1S/C20H21ClN6OS/c1-28-12-18-24-20(29-25-18)27-10-14-8-26(9-15(14)11-27)19-7-22-17(6-23-19)13-2-4-16(21)5-3-13/h2-7,14-15H,8-12H2,1H3. The molecule has 3 aromatic rings. The quantitative estimate of drug-likeness (QED) is 0.617. The fraction of sp³-hybridized carbons (Fsp3) is 0.400. The van der Waals surface area contributed by atoms with Gasteiger partial charge in [-0.25, -0.2) is 9.97 Å². The van der Waals surface area contributed by atoms with Crippen molar-refractivity contribution in [2.75, 3.05) is 43.1 Å². The third kappa shape index (κ3) is 3.80. The van der Waals surface area contributed by atoms with Crippen molar-refractivity contribution in [1.29, 1.82) is 0 Å². The molecule has 0 N–H and O–H groups in total. The molecule has 5 rings (SSSR count). The van der Waals surface area contributed by atoms with E-state index in [4.69, 9.17) is 16.3 Å². The lowest BCUT2D eigenvalue weighted by Gasteiger charge is -2.21. The molecule has 9 heteroatoms. The van der Waals surface area contributed by atoms with Crippen molar-refractivity contribution in [3.05, 3.63) is 47.5 Å². The summed E-state index contributed by atoms with van der Waals surface area (Å²) in [7, 11) is 1.67. The monoisotopic (exact) mass is 428 g/mol. The average molecular weight is 429 g/mol. The maximum atomic E-state index is 5.96. The Morgan fingerprint density at radius 1 is 1.03 bits per heavy atom. The van der Waals surface area contributed by atoms with Crippen molar-refractivity contribution in [2.45, 2.75) is 6.61 Å². The van der Waals surface area contributed by atoms with E-state index in [9.17, 15) is 0 Å². The summed E-state index contributed by atoms with van der Waals surface area (Å²) in [6.45, 7) is 4.49. The molecule has 2 saturated heterocycles. The number of halogens is 1. The second kappa shape index (κ2) is 7.85. The van der Waals surface area contributed by atoms with Crippen LogP contribution in [-0.4, -0.2) is 52.6 Å². The van der Waals surface area contributed by atoms with Crippen LogP contribution in [0.4, 0.5) is 10.9 Å². The van der Waals surface area contributed by atoms with Gasteiger partial charge in [0.25, 0.3) is 0 Å². The Hall–Kier alpha value is -2.29. The van der Waals surface area contributed by atoms with Gasteiger partial charge < -0.3 is 14.5 Å². The Kier molecular flexibility index (Phi) is 5.07. The highest BCUT2D eigenvalue weighted by Gasteiger charge is 2.41. The molecule has 0 amide bonds. The first-order chi connectivity index (χ1) is 14.2. The van der Waals surface area contributed by atoms with Crippen LogP contribution in [0.2, 0.25) is 5.02 Å². The van der Waals surface area contributed by atoms with Crippen LogP contribution in [0.15, 0.2) is 36.7 Å².